The smallest absolute Gasteiger partial charge is 0.119 e. The van der Waals surface area contributed by atoms with E-state index in [2.05, 4.69) is 18.7 Å². The first-order chi connectivity index (χ1) is 9.80. The fraction of sp³-hybridized carbons (Fsp3) is 0.647. The zero-order chi connectivity index (χ0) is 14.6. The first-order valence-corrected chi connectivity index (χ1v) is 7.94. The Morgan fingerprint density at radius 2 is 1.55 bits per heavy atom. The van der Waals surface area contributed by atoms with Gasteiger partial charge in [-0.25, -0.2) is 0 Å². The summed E-state index contributed by atoms with van der Waals surface area (Å²) >= 11 is 0. The van der Waals surface area contributed by atoms with Gasteiger partial charge in [-0.05, 0) is 43.6 Å². The molecule has 1 aromatic rings. The maximum Gasteiger partial charge on any atom is 0.119 e. The van der Waals surface area contributed by atoms with Crippen LogP contribution in [0.15, 0.2) is 24.3 Å². The van der Waals surface area contributed by atoms with Crippen LogP contribution in [0, 0.1) is 0 Å². The van der Waals surface area contributed by atoms with Gasteiger partial charge in [-0.1, -0.05) is 38.8 Å². The van der Waals surface area contributed by atoms with Crippen LogP contribution in [0.4, 0.5) is 0 Å². The highest BCUT2D eigenvalue weighted by Gasteiger charge is 2.04. The fourth-order valence-corrected chi connectivity index (χ4v) is 2.11. The molecule has 20 heavy (non-hydrogen) atoms. The summed E-state index contributed by atoms with van der Waals surface area (Å²) in [6.07, 6.45) is 5.05. The van der Waals surface area contributed by atoms with E-state index >= 15 is 0 Å². The molecule has 0 spiro atoms. The summed E-state index contributed by atoms with van der Waals surface area (Å²) in [4.78, 5) is 2.52. The summed E-state index contributed by atoms with van der Waals surface area (Å²) in [5.74, 6) is 0.938. The van der Waals surface area contributed by atoms with Gasteiger partial charge in [-0.3, -0.25) is 4.90 Å². The van der Waals surface area contributed by atoms with E-state index in [1.807, 2.05) is 24.3 Å². The van der Waals surface area contributed by atoms with E-state index in [9.17, 15) is 0 Å². The van der Waals surface area contributed by atoms with E-state index in [0.717, 1.165) is 24.5 Å². The molecule has 0 radical (unpaired) electrons. The maximum atomic E-state index is 5.81. The van der Waals surface area contributed by atoms with E-state index in [0.29, 0.717) is 6.54 Å². The Morgan fingerprint density at radius 1 is 0.950 bits per heavy atom. The second kappa shape index (κ2) is 10.7. The zero-order valence-corrected chi connectivity index (χ0v) is 13.1. The second-order valence-electron chi connectivity index (χ2n) is 5.25. The van der Waals surface area contributed by atoms with Gasteiger partial charge in [0.2, 0.25) is 0 Å². The summed E-state index contributed by atoms with van der Waals surface area (Å²) in [5, 5.41) is 0. The standard InChI is InChI=1S/C17H30N2O/c1-3-5-11-19(12-6-4-2)13-14-20-17-9-7-16(15-18)8-10-17/h7-10H,3-6,11-15,18H2,1-2H3. The third-order valence-electron chi connectivity index (χ3n) is 3.49. The number of hydrogen-bond donors (Lipinski definition) is 1. The van der Waals surface area contributed by atoms with Gasteiger partial charge in [0.15, 0.2) is 0 Å². The molecule has 0 aromatic heterocycles. The van der Waals surface area contributed by atoms with Crippen molar-refractivity contribution in [2.45, 2.75) is 46.1 Å². The van der Waals surface area contributed by atoms with Crippen molar-refractivity contribution >= 4 is 0 Å². The lowest BCUT2D eigenvalue weighted by atomic mass is 10.2. The molecule has 2 N–H and O–H groups in total. The van der Waals surface area contributed by atoms with Crippen molar-refractivity contribution in [1.29, 1.82) is 0 Å². The minimum atomic E-state index is 0.585. The quantitative estimate of drug-likeness (QED) is 0.674. The first kappa shape index (κ1) is 17.0. The van der Waals surface area contributed by atoms with E-state index < -0.39 is 0 Å². The SMILES string of the molecule is CCCCN(CCCC)CCOc1ccc(CN)cc1. The van der Waals surface area contributed by atoms with Crippen LogP contribution in [0.25, 0.3) is 0 Å². The predicted octanol–water partition coefficient (Wildman–Crippen LogP) is 3.43. The Labute approximate surface area is 124 Å². The molecule has 0 aliphatic rings. The number of hydrogen-bond acceptors (Lipinski definition) is 3. The number of ether oxygens (including phenoxy) is 1. The second-order valence-corrected chi connectivity index (χ2v) is 5.25. The molecule has 0 bridgehead atoms. The first-order valence-electron chi connectivity index (χ1n) is 7.94. The number of nitrogens with zero attached hydrogens (tertiary/aromatic N) is 1. The molecule has 0 heterocycles. The van der Waals surface area contributed by atoms with Crippen LogP contribution in [0.3, 0.4) is 0 Å². The van der Waals surface area contributed by atoms with E-state index in [4.69, 9.17) is 10.5 Å². The normalized spacial score (nSPS) is 11.0. The van der Waals surface area contributed by atoms with Crippen LogP contribution < -0.4 is 10.5 Å². The van der Waals surface area contributed by atoms with E-state index in [-0.39, 0.29) is 0 Å². The lowest BCUT2D eigenvalue weighted by Crippen LogP contribution is -2.30. The maximum absolute atomic E-state index is 5.81. The molecule has 0 atom stereocenters. The molecule has 0 aliphatic carbocycles. The number of rotatable bonds is 11. The van der Waals surface area contributed by atoms with Gasteiger partial charge >= 0.3 is 0 Å². The average Bonchev–Trinajstić information content (AvgIpc) is 2.50. The lowest BCUT2D eigenvalue weighted by molar-refractivity contribution is 0.204. The van der Waals surface area contributed by atoms with Gasteiger partial charge in [0.25, 0.3) is 0 Å². The molecular formula is C17H30N2O. The molecule has 3 heteroatoms. The largest absolute Gasteiger partial charge is 0.492 e. The van der Waals surface area contributed by atoms with Crippen molar-refractivity contribution in [3.8, 4) is 5.75 Å². The van der Waals surface area contributed by atoms with Crippen molar-refractivity contribution in [1.82, 2.24) is 4.90 Å². The molecule has 0 saturated heterocycles. The van der Waals surface area contributed by atoms with E-state index in [1.165, 1.54) is 38.8 Å². The van der Waals surface area contributed by atoms with E-state index in [1.54, 1.807) is 0 Å². The van der Waals surface area contributed by atoms with Gasteiger partial charge in [0.05, 0.1) is 0 Å². The molecule has 0 saturated carbocycles. The summed E-state index contributed by atoms with van der Waals surface area (Å²) in [6, 6.07) is 8.07. The molecule has 1 aromatic carbocycles. The van der Waals surface area contributed by atoms with Crippen LogP contribution in [0.5, 0.6) is 5.75 Å². The van der Waals surface area contributed by atoms with Gasteiger partial charge in [0, 0.05) is 13.1 Å². The summed E-state index contributed by atoms with van der Waals surface area (Å²) in [6.45, 7) is 9.22. The lowest BCUT2D eigenvalue weighted by Gasteiger charge is -2.22. The summed E-state index contributed by atoms with van der Waals surface area (Å²) in [5.41, 5.74) is 6.73. The molecule has 1 rings (SSSR count). The molecule has 0 unspecified atom stereocenters. The minimum Gasteiger partial charge on any atom is -0.492 e. The predicted molar refractivity (Wildman–Crippen MR) is 86.1 cm³/mol. The Balaban J connectivity index is 2.30. The zero-order valence-electron chi connectivity index (χ0n) is 13.1. The third kappa shape index (κ3) is 6.92. The van der Waals surface area contributed by atoms with Crippen LogP contribution in [0.2, 0.25) is 0 Å². The number of benzene rings is 1. The Hall–Kier alpha value is -1.06. The van der Waals surface area contributed by atoms with Crippen molar-refractivity contribution in [2.24, 2.45) is 5.73 Å². The summed E-state index contributed by atoms with van der Waals surface area (Å²) in [7, 11) is 0. The van der Waals surface area contributed by atoms with Gasteiger partial charge in [0.1, 0.15) is 12.4 Å². The molecular weight excluding hydrogens is 248 g/mol. The van der Waals surface area contributed by atoms with Crippen LogP contribution in [0.1, 0.15) is 45.1 Å². The van der Waals surface area contributed by atoms with Crippen molar-refractivity contribution < 1.29 is 4.74 Å². The molecule has 3 nitrogen and oxygen atoms in total. The Morgan fingerprint density at radius 3 is 2.05 bits per heavy atom. The average molecular weight is 278 g/mol. The molecule has 0 fully saturated rings. The molecule has 0 amide bonds. The van der Waals surface area contributed by atoms with Gasteiger partial charge < -0.3 is 10.5 Å². The molecule has 114 valence electrons. The topological polar surface area (TPSA) is 38.5 Å². The van der Waals surface area contributed by atoms with Crippen LogP contribution in [-0.4, -0.2) is 31.1 Å². The third-order valence-corrected chi connectivity index (χ3v) is 3.49. The number of unbranched alkanes of at least 4 members (excludes halogenated alkanes) is 2. The number of nitrogens with two attached hydrogens (primary N) is 1. The minimum absolute atomic E-state index is 0.585. The highest BCUT2D eigenvalue weighted by molar-refractivity contribution is 5.27. The summed E-state index contributed by atoms with van der Waals surface area (Å²) < 4.78 is 5.81. The highest BCUT2D eigenvalue weighted by atomic mass is 16.5. The van der Waals surface area contributed by atoms with Gasteiger partial charge in [-0.15, -0.1) is 0 Å². The van der Waals surface area contributed by atoms with Crippen molar-refractivity contribution in [2.75, 3.05) is 26.2 Å². The fourth-order valence-electron chi connectivity index (χ4n) is 2.11. The van der Waals surface area contributed by atoms with Gasteiger partial charge in [-0.2, -0.15) is 0 Å². The Bertz CT molecular complexity index is 329. The highest BCUT2D eigenvalue weighted by Crippen LogP contribution is 2.11. The van der Waals surface area contributed by atoms with Crippen LogP contribution >= 0.6 is 0 Å². The van der Waals surface area contributed by atoms with Crippen molar-refractivity contribution in [3.63, 3.8) is 0 Å². The van der Waals surface area contributed by atoms with Crippen molar-refractivity contribution in [3.05, 3.63) is 29.8 Å². The molecule has 0 aliphatic heterocycles. The Kier molecular flexibility index (Phi) is 9.09. The monoisotopic (exact) mass is 278 g/mol. The van der Waals surface area contributed by atoms with Crippen LogP contribution in [-0.2, 0) is 6.54 Å².